The minimum atomic E-state index is -1.13. The Morgan fingerprint density at radius 1 is 1.35 bits per heavy atom. The molecule has 0 spiro atoms. The van der Waals surface area contributed by atoms with Gasteiger partial charge in [-0.1, -0.05) is 24.9 Å². The van der Waals surface area contributed by atoms with E-state index in [1.165, 1.54) is 15.7 Å². The van der Waals surface area contributed by atoms with Crippen LogP contribution in [0.5, 0.6) is 0 Å². The lowest BCUT2D eigenvalue weighted by molar-refractivity contribution is -0.140. The topological polar surface area (TPSA) is 77.9 Å². The summed E-state index contributed by atoms with van der Waals surface area (Å²) in [5.41, 5.74) is 0. The van der Waals surface area contributed by atoms with Gasteiger partial charge in [0.1, 0.15) is 10.9 Å². The number of hydrogen-bond donors (Lipinski definition) is 1. The SMILES string of the molecule is C=C1S/C(=S2/SC(=C)N(CC)C2=O)N(CC(=O)O)C1=O. The monoisotopic (exact) mass is 332 g/mol. The maximum atomic E-state index is 12.3. The fraction of sp³-hybridized carbons (Fsp3) is 0.273. The van der Waals surface area contributed by atoms with E-state index in [-0.39, 0.29) is 10.1 Å². The Hall–Kier alpha value is -1.19. The second-order valence-corrected chi connectivity index (χ2v) is 8.59. The van der Waals surface area contributed by atoms with E-state index in [0.29, 0.717) is 15.9 Å². The van der Waals surface area contributed by atoms with Crippen molar-refractivity contribution >= 4 is 53.5 Å². The lowest BCUT2D eigenvalue weighted by atomic mass is 10.5. The molecular weight excluding hydrogens is 320 g/mol. The average molecular weight is 332 g/mol. The summed E-state index contributed by atoms with van der Waals surface area (Å²) in [7, 11) is 0.332. The van der Waals surface area contributed by atoms with Gasteiger partial charge in [-0.2, -0.15) is 0 Å². The van der Waals surface area contributed by atoms with Gasteiger partial charge in [0.25, 0.3) is 11.1 Å². The molecule has 2 rings (SSSR count). The second-order valence-electron chi connectivity index (χ2n) is 3.83. The van der Waals surface area contributed by atoms with Gasteiger partial charge in [-0.15, -0.1) is 0 Å². The molecule has 0 aromatic rings. The number of carboxylic acids is 1. The molecule has 2 fully saturated rings. The molecule has 108 valence electrons. The summed E-state index contributed by atoms with van der Waals surface area (Å²) in [4.78, 5) is 38.0. The zero-order valence-electron chi connectivity index (χ0n) is 10.6. The van der Waals surface area contributed by atoms with Crippen LogP contribution in [0, 0.1) is 0 Å². The first-order valence-corrected chi connectivity index (χ1v) is 8.94. The Bertz CT molecular complexity index is 584. The fourth-order valence-corrected chi connectivity index (χ4v) is 7.18. The summed E-state index contributed by atoms with van der Waals surface area (Å²) in [6, 6.07) is 0. The minimum absolute atomic E-state index is 0.150. The van der Waals surface area contributed by atoms with E-state index in [1.807, 2.05) is 6.92 Å². The van der Waals surface area contributed by atoms with Gasteiger partial charge in [0.05, 0.1) is 9.93 Å². The number of carbonyl (C=O) groups excluding carboxylic acids is 2. The highest BCUT2D eigenvalue weighted by molar-refractivity contribution is 8.93. The van der Waals surface area contributed by atoms with Crippen LogP contribution >= 0.6 is 32.1 Å². The molecule has 6 nitrogen and oxygen atoms in total. The molecule has 9 heteroatoms. The molecule has 1 N–H and O–H groups in total. The number of rotatable bonds is 3. The summed E-state index contributed by atoms with van der Waals surface area (Å²) in [6.45, 7) is 9.29. The van der Waals surface area contributed by atoms with E-state index in [4.69, 9.17) is 5.11 Å². The Morgan fingerprint density at radius 2 is 2.00 bits per heavy atom. The Balaban J connectivity index is 2.44. The molecule has 2 amide bonds. The number of thioether (sulfide) groups is 1. The third kappa shape index (κ3) is 2.52. The normalized spacial score (nSPS) is 25.1. The number of nitrogens with zero attached hydrogens (tertiary/aromatic N) is 2. The molecule has 0 radical (unpaired) electrons. The molecule has 20 heavy (non-hydrogen) atoms. The molecule has 2 saturated heterocycles. The van der Waals surface area contributed by atoms with Crippen LogP contribution in [0.1, 0.15) is 6.92 Å². The van der Waals surface area contributed by atoms with Crippen LogP contribution in [0.25, 0.3) is 0 Å². The van der Waals surface area contributed by atoms with Crippen LogP contribution in [0.4, 0.5) is 4.79 Å². The van der Waals surface area contributed by atoms with Crippen LogP contribution < -0.4 is 0 Å². The first kappa shape index (κ1) is 15.2. The molecule has 1 atom stereocenters. The molecule has 2 aliphatic rings. The van der Waals surface area contributed by atoms with Gasteiger partial charge in [-0.25, -0.2) is 0 Å². The van der Waals surface area contributed by atoms with E-state index >= 15 is 0 Å². The minimum Gasteiger partial charge on any atom is -0.480 e. The molecule has 0 saturated carbocycles. The quantitative estimate of drug-likeness (QED) is 0.484. The number of hydrogen-bond acceptors (Lipinski definition) is 5. The van der Waals surface area contributed by atoms with Crippen LogP contribution in [-0.2, 0) is 9.59 Å². The van der Waals surface area contributed by atoms with Crippen molar-refractivity contribution in [2.24, 2.45) is 0 Å². The third-order valence-corrected chi connectivity index (χ3v) is 8.06. The van der Waals surface area contributed by atoms with Gasteiger partial charge in [0.2, 0.25) is 0 Å². The van der Waals surface area contributed by atoms with Crippen LogP contribution in [-0.4, -0.2) is 49.4 Å². The van der Waals surface area contributed by atoms with Crippen molar-refractivity contribution < 1.29 is 19.5 Å². The van der Waals surface area contributed by atoms with Gasteiger partial charge >= 0.3 is 5.97 Å². The summed E-state index contributed by atoms with van der Waals surface area (Å²) < 4.78 is 0.439. The van der Waals surface area contributed by atoms with Gasteiger partial charge in [-0.3, -0.25) is 24.2 Å². The summed E-state index contributed by atoms with van der Waals surface area (Å²) in [5, 5.41) is 9.36. The second kappa shape index (κ2) is 5.66. The number of carboxylic acid groups (broad SMARTS) is 1. The first-order valence-electron chi connectivity index (χ1n) is 5.57. The summed E-state index contributed by atoms with van der Waals surface area (Å²) in [6.07, 6.45) is 0. The maximum Gasteiger partial charge on any atom is 0.323 e. The van der Waals surface area contributed by atoms with Crippen molar-refractivity contribution in [2.45, 2.75) is 6.92 Å². The highest BCUT2D eigenvalue weighted by Crippen LogP contribution is 2.52. The van der Waals surface area contributed by atoms with Crippen molar-refractivity contribution in [2.75, 3.05) is 13.1 Å². The molecule has 2 aliphatic heterocycles. The van der Waals surface area contributed by atoms with Gasteiger partial charge in [0, 0.05) is 6.54 Å². The Kier molecular flexibility index (Phi) is 4.31. The Labute approximate surface area is 126 Å². The number of carbonyl (C=O) groups is 3. The van der Waals surface area contributed by atoms with Crippen molar-refractivity contribution in [3.63, 3.8) is 0 Å². The fourth-order valence-electron chi connectivity index (χ4n) is 1.64. The van der Waals surface area contributed by atoms with Gasteiger partial charge < -0.3 is 5.11 Å². The van der Waals surface area contributed by atoms with Crippen molar-refractivity contribution in [3.05, 3.63) is 23.1 Å². The van der Waals surface area contributed by atoms with E-state index in [1.54, 1.807) is 0 Å². The van der Waals surface area contributed by atoms with E-state index in [2.05, 4.69) is 13.2 Å². The third-order valence-electron chi connectivity index (χ3n) is 2.54. The molecular formula is C11H12N2O4S3. The predicted molar refractivity (Wildman–Crippen MR) is 83.2 cm³/mol. The predicted octanol–water partition coefficient (Wildman–Crippen LogP) is 2.09. The van der Waals surface area contributed by atoms with Crippen LogP contribution in [0.3, 0.4) is 0 Å². The molecule has 0 aromatic heterocycles. The zero-order chi connectivity index (χ0) is 15.0. The molecule has 0 aliphatic carbocycles. The summed E-state index contributed by atoms with van der Waals surface area (Å²) in [5.74, 6) is -1.58. The van der Waals surface area contributed by atoms with E-state index in [0.717, 1.165) is 16.7 Å². The standard InChI is InChI=1S/C11H12N2O4S3/c1-4-12-7(3)19-20(10(12)17)11-13(5-8(14)15)9(16)6(2)18-11/h2-5H2,1H3,(H,14,15). The lowest BCUT2D eigenvalue weighted by Gasteiger charge is -2.15. The molecule has 0 bridgehead atoms. The molecule has 1 unspecified atom stereocenters. The lowest BCUT2D eigenvalue weighted by Crippen LogP contribution is -2.34. The zero-order valence-corrected chi connectivity index (χ0v) is 13.1. The van der Waals surface area contributed by atoms with E-state index < -0.39 is 27.9 Å². The number of amides is 2. The van der Waals surface area contributed by atoms with E-state index in [9.17, 15) is 14.4 Å². The smallest absolute Gasteiger partial charge is 0.323 e. The average Bonchev–Trinajstić information content (AvgIpc) is 2.80. The molecule has 2 heterocycles. The highest BCUT2D eigenvalue weighted by Gasteiger charge is 2.40. The number of aliphatic carboxylic acids is 1. The first-order chi connectivity index (χ1) is 9.36. The Morgan fingerprint density at radius 3 is 2.50 bits per heavy atom. The van der Waals surface area contributed by atoms with Crippen LogP contribution in [0.2, 0.25) is 0 Å². The highest BCUT2D eigenvalue weighted by atomic mass is 33.1. The van der Waals surface area contributed by atoms with Crippen molar-refractivity contribution in [3.8, 4) is 0 Å². The largest absolute Gasteiger partial charge is 0.480 e. The van der Waals surface area contributed by atoms with Crippen LogP contribution in [0.15, 0.2) is 23.1 Å². The summed E-state index contributed by atoms with van der Waals surface area (Å²) >= 11 is 1.08. The van der Waals surface area contributed by atoms with Gasteiger partial charge in [-0.05, 0) is 27.2 Å². The van der Waals surface area contributed by atoms with Crippen molar-refractivity contribution in [1.29, 1.82) is 0 Å². The van der Waals surface area contributed by atoms with Gasteiger partial charge in [0.15, 0.2) is 0 Å². The van der Waals surface area contributed by atoms with Crippen molar-refractivity contribution in [1.82, 2.24) is 9.80 Å². The molecule has 0 aromatic carbocycles. The maximum absolute atomic E-state index is 12.3.